The zero-order chi connectivity index (χ0) is 10.9. The van der Waals surface area contributed by atoms with Crippen molar-refractivity contribution in [3.8, 4) is 6.07 Å². The molecule has 1 aliphatic rings. The van der Waals surface area contributed by atoms with Gasteiger partial charge in [-0.1, -0.05) is 27.7 Å². The maximum atomic E-state index is 8.63. The summed E-state index contributed by atoms with van der Waals surface area (Å²) in [7, 11) is 0. The molecule has 4 nitrogen and oxygen atoms in total. The van der Waals surface area contributed by atoms with E-state index in [4.69, 9.17) is 20.3 Å². The third kappa shape index (κ3) is 2.11. The Kier molecular flexibility index (Phi) is 2.94. The highest BCUT2D eigenvalue weighted by Crippen LogP contribution is 2.67. The Balaban J connectivity index is 0.000000310. The van der Waals surface area contributed by atoms with Crippen molar-refractivity contribution in [3.05, 3.63) is 0 Å². The van der Waals surface area contributed by atoms with Gasteiger partial charge in [0, 0.05) is 0 Å². The monoisotopic (exact) mass is 185 g/mol. The molecule has 1 rings (SSSR count). The molecule has 1 saturated carbocycles. The average molecular weight is 185 g/mol. The first kappa shape index (κ1) is 11.8. The Morgan fingerprint density at radius 1 is 1.23 bits per heavy atom. The van der Waals surface area contributed by atoms with Crippen LogP contribution in [0.4, 0.5) is 4.79 Å². The van der Waals surface area contributed by atoms with E-state index in [0.717, 1.165) is 0 Å². The van der Waals surface area contributed by atoms with Crippen LogP contribution in [0.2, 0.25) is 0 Å². The molecule has 4 heteroatoms. The zero-order valence-corrected chi connectivity index (χ0v) is 8.33. The highest BCUT2D eigenvalue weighted by molar-refractivity contribution is 5.53. The fraction of sp³-hybridized carbons (Fsp3) is 0.778. The molecular weight excluding hydrogens is 170 g/mol. The molecule has 0 bridgehead atoms. The van der Waals surface area contributed by atoms with E-state index in [1.165, 1.54) is 0 Å². The summed E-state index contributed by atoms with van der Waals surface area (Å²) in [5.41, 5.74) is 0.503. The van der Waals surface area contributed by atoms with Crippen LogP contribution in [0.3, 0.4) is 0 Å². The van der Waals surface area contributed by atoms with Crippen molar-refractivity contribution in [2.45, 2.75) is 27.7 Å². The van der Waals surface area contributed by atoms with Gasteiger partial charge in [-0.3, -0.25) is 0 Å². The minimum atomic E-state index is -1.83. The first-order chi connectivity index (χ1) is 5.67. The van der Waals surface area contributed by atoms with E-state index < -0.39 is 6.16 Å². The van der Waals surface area contributed by atoms with Crippen LogP contribution in [-0.2, 0) is 0 Å². The van der Waals surface area contributed by atoms with Crippen LogP contribution in [0.25, 0.3) is 0 Å². The van der Waals surface area contributed by atoms with Gasteiger partial charge in [0.15, 0.2) is 0 Å². The lowest BCUT2D eigenvalue weighted by Crippen LogP contribution is -1.95. The van der Waals surface area contributed by atoms with E-state index in [1.54, 1.807) is 0 Å². The van der Waals surface area contributed by atoms with Gasteiger partial charge in [-0.25, -0.2) is 4.79 Å². The van der Waals surface area contributed by atoms with Crippen molar-refractivity contribution in [2.24, 2.45) is 16.7 Å². The van der Waals surface area contributed by atoms with Crippen LogP contribution >= 0.6 is 0 Å². The molecule has 0 amide bonds. The molecule has 1 aliphatic carbocycles. The molecule has 0 unspecified atom stereocenters. The summed E-state index contributed by atoms with van der Waals surface area (Å²) < 4.78 is 0. The van der Waals surface area contributed by atoms with Crippen molar-refractivity contribution >= 4 is 6.16 Å². The zero-order valence-electron chi connectivity index (χ0n) is 8.33. The lowest BCUT2D eigenvalue weighted by atomic mass is 10.0. The van der Waals surface area contributed by atoms with E-state index in [1.807, 2.05) is 0 Å². The Hall–Kier alpha value is -1.24. The van der Waals surface area contributed by atoms with Gasteiger partial charge < -0.3 is 10.2 Å². The maximum absolute atomic E-state index is 8.63. The van der Waals surface area contributed by atoms with Crippen LogP contribution < -0.4 is 0 Å². The van der Waals surface area contributed by atoms with Crippen molar-refractivity contribution in [3.63, 3.8) is 0 Å². The van der Waals surface area contributed by atoms with E-state index in [0.29, 0.717) is 0 Å². The first-order valence-electron chi connectivity index (χ1n) is 3.99. The van der Waals surface area contributed by atoms with Crippen molar-refractivity contribution in [2.75, 3.05) is 0 Å². The molecule has 2 N–H and O–H groups in total. The van der Waals surface area contributed by atoms with E-state index in [-0.39, 0.29) is 16.7 Å². The van der Waals surface area contributed by atoms with Gasteiger partial charge >= 0.3 is 6.16 Å². The number of carbonyl (C=O) groups is 1. The van der Waals surface area contributed by atoms with Crippen LogP contribution in [0.5, 0.6) is 0 Å². The lowest BCUT2D eigenvalue weighted by molar-refractivity contribution is 0.137. The standard InChI is InChI=1S/C8H13N.CH2O3/c1-7(2)6(5-9)8(7,3)4;2-1(3)4/h6H,1-4H3;(H2,2,3,4). The summed E-state index contributed by atoms with van der Waals surface area (Å²) in [4.78, 5) is 8.56. The third-order valence-corrected chi connectivity index (χ3v) is 3.15. The predicted octanol–water partition coefficient (Wildman–Crippen LogP) is 2.41. The van der Waals surface area contributed by atoms with Gasteiger partial charge in [0.2, 0.25) is 0 Å². The normalized spacial score (nSPS) is 22.1. The van der Waals surface area contributed by atoms with Crippen LogP contribution in [0.15, 0.2) is 0 Å². The fourth-order valence-electron chi connectivity index (χ4n) is 1.52. The molecule has 0 aromatic carbocycles. The largest absolute Gasteiger partial charge is 0.503 e. The molecule has 0 spiro atoms. The van der Waals surface area contributed by atoms with Gasteiger partial charge in [0.1, 0.15) is 0 Å². The summed E-state index contributed by atoms with van der Waals surface area (Å²) in [5, 5.41) is 22.6. The molecule has 1 fully saturated rings. The molecule has 0 atom stereocenters. The van der Waals surface area contributed by atoms with E-state index in [9.17, 15) is 0 Å². The fourth-order valence-corrected chi connectivity index (χ4v) is 1.52. The minimum absolute atomic E-state index is 0.252. The molecule has 0 aromatic rings. The summed E-state index contributed by atoms with van der Waals surface area (Å²) >= 11 is 0. The molecule has 74 valence electrons. The van der Waals surface area contributed by atoms with Crippen LogP contribution in [-0.4, -0.2) is 16.4 Å². The highest BCUT2D eigenvalue weighted by atomic mass is 16.6. The van der Waals surface area contributed by atoms with Gasteiger partial charge in [-0.15, -0.1) is 0 Å². The summed E-state index contributed by atoms with van der Waals surface area (Å²) in [6.07, 6.45) is -1.83. The van der Waals surface area contributed by atoms with Crippen molar-refractivity contribution < 1.29 is 15.0 Å². The average Bonchev–Trinajstić information content (AvgIpc) is 2.22. The minimum Gasteiger partial charge on any atom is -0.450 e. The third-order valence-electron chi connectivity index (χ3n) is 3.15. The summed E-state index contributed by atoms with van der Waals surface area (Å²) in [5.74, 6) is 0.269. The summed E-state index contributed by atoms with van der Waals surface area (Å²) in [6.45, 7) is 8.61. The molecule has 0 aliphatic heterocycles. The molecule has 0 saturated heterocycles. The first-order valence-corrected chi connectivity index (χ1v) is 3.99. The number of hydrogen-bond donors (Lipinski definition) is 2. The number of nitriles is 1. The molecule has 0 heterocycles. The summed E-state index contributed by atoms with van der Waals surface area (Å²) in [6, 6.07) is 2.32. The second kappa shape index (κ2) is 3.25. The predicted molar refractivity (Wildman–Crippen MR) is 47.3 cm³/mol. The van der Waals surface area contributed by atoms with Crippen LogP contribution in [0, 0.1) is 28.1 Å². The van der Waals surface area contributed by atoms with Gasteiger partial charge in [-0.05, 0) is 10.8 Å². The maximum Gasteiger partial charge on any atom is 0.503 e. The number of carboxylic acid groups (broad SMARTS) is 2. The lowest BCUT2D eigenvalue weighted by Gasteiger charge is -2.03. The molecule has 13 heavy (non-hydrogen) atoms. The second-order valence-electron chi connectivity index (χ2n) is 4.29. The topological polar surface area (TPSA) is 81.3 Å². The molecular formula is C9H15NO3. The van der Waals surface area contributed by atoms with Crippen molar-refractivity contribution in [1.82, 2.24) is 0 Å². The Bertz CT molecular complexity index is 232. The van der Waals surface area contributed by atoms with Gasteiger partial charge in [-0.2, -0.15) is 5.26 Å². The van der Waals surface area contributed by atoms with E-state index in [2.05, 4.69) is 33.8 Å². The number of nitrogens with zero attached hydrogens (tertiary/aromatic N) is 1. The smallest absolute Gasteiger partial charge is 0.450 e. The molecule has 0 radical (unpaired) electrons. The highest BCUT2D eigenvalue weighted by Gasteiger charge is 2.65. The number of rotatable bonds is 0. The van der Waals surface area contributed by atoms with Crippen LogP contribution in [0.1, 0.15) is 27.7 Å². The van der Waals surface area contributed by atoms with E-state index >= 15 is 0 Å². The Morgan fingerprint density at radius 2 is 1.46 bits per heavy atom. The quantitative estimate of drug-likeness (QED) is 0.607. The van der Waals surface area contributed by atoms with Gasteiger partial charge in [0.05, 0.1) is 12.0 Å². The number of hydrogen-bond acceptors (Lipinski definition) is 2. The Morgan fingerprint density at radius 3 is 1.46 bits per heavy atom. The SMILES string of the molecule is CC1(C)C(C#N)C1(C)C.O=C(O)O. The van der Waals surface area contributed by atoms with Gasteiger partial charge in [0.25, 0.3) is 0 Å². The van der Waals surface area contributed by atoms with Crippen molar-refractivity contribution in [1.29, 1.82) is 5.26 Å². The Labute approximate surface area is 77.8 Å². The second-order valence-corrected chi connectivity index (χ2v) is 4.29. The molecule has 0 aromatic heterocycles.